The van der Waals surface area contributed by atoms with Crippen molar-refractivity contribution in [2.24, 2.45) is 0 Å². The maximum absolute atomic E-state index is 11.6. The fraction of sp³-hybridized carbons (Fsp3) is 0.167. The average molecular weight is 286 g/mol. The highest BCUT2D eigenvalue weighted by Crippen LogP contribution is 2.35. The van der Waals surface area contributed by atoms with E-state index in [0.29, 0.717) is 26.8 Å². The van der Waals surface area contributed by atoms with E-state index in [2.05, 4.69) is 9.72 Å². The highest BCUT2D eigenvalue weighted by atomic mass is 35.5. The molecule has 0 aliphatic carbocycles. The Morgan fingerprint density at radius 1 is 1.28 bits per heavy atom. The summed E-state index contributed by atoms with van der Waals surface area (Å²) in [6.45, 7) is 0. The molecule has 18 heavy (non-hydrogen) atoms. The third kappa shape index (κ3) is 2.09. The first kappa shape index (κ1) is 12.9. The molecule has 0 aliphatic rings. The first-order valence-electron chi connectivity index (χ1n) is 4.99. The Balaban J connectivity index is 2.83. The quantitative estimate of drug-likeness (QED) is 0.627. The van der Waals surface area contributed by atoms with Crippen molar-refractivity contribution in [1.82, 2.24) is 4.98 Å². The number of carbonyl (C=O) groups is 1. The van der Waals surface area contributed by atoms with Crippen molar-refractivity contribution in [2.75, 3.05) is 14.2 Å². The summed E-state index contributed by atoms with van der Waals surface area (Å²) in [5, 5.41) is 1.24. The molecule has 0 amide bonds. The lowest BCUT2D eigenvalue weighted by Gasteiger charge is -2.11. The second kappa shape index (κ2) is 5.00. The maximum Gasteiger partial charge on any atom is 0.341 e. The molecule has 0 radical (unpaired) electrons. The topological polar surface area (TPSA) is 48.4 Å². The predicted octanol–water partition coefficient (Wildman–Crippen LogP) is 3.34. The van der Waals surface area contributed by atoms with E-state index in [1.165, 1.54) is 20.3 Å². The zero-order valence-electron chi connectivity index (χ0n) is 9.66. The summed E-state index contributed by atoms with van der Waals surface area (Å²) in [5.41, 5.74) is 0.732. The van der Waals surface area contributed by atoms with Crippen LogP contribution in [0, 0.1) is 0 Å². The third-order valence-electron chi connectivity index (χ3n) is 2.46. The molecule has 6 heteroatoms. The number of benzene rings is 1. The van der Waals surface area contributed by atoms with Gasteiger partial charge in [0.05, 0.1) is 24.8 Å². The van der Waals surface area contributed by atoms with Crippen LogP contribution in [-0.2, 0) is 4.74 Å². The van der Waals surface area contributed by atoms with Crippen molar-refractivity contribution in [3.05, 3.63) is 33.9 Å². The van der Waals surface area contributed by atoms with Gasteiger partial charge in [0.1, 0.15) is 16.5 Å². The summed E-state index contributed by atoms with van der Waals surface area (Å²) in [4.78, 5) is 15.8. The maximum atomic E-state index is 11.6. The van der Waals surface area contributed by atoms with Crippen LogP contribution in [0.1, 0.15) is 10.4 Å². The molecule has 1 aromatic heterocycles. The number of hydrogen-bond donors (Lipinski definition) is 0. The zero-order valence-corrected chi connectivity index (χ0v) is 11.2. The fourth-order valence-electron chi connectivity index (χ4n) is 1.69. The number of esters is 1. The van der Waals surface area contributed by atoms with Crippen molar-refractivity contribution in [1.29, 1.82) is 0 Å². The minimum absolute atomic E-state index is 0.252. The van der Waals surface area contributed by atoms with Gasteiger partial charge in [-0.2, -0.15) is 0 Å². The van der Waals surface area contributed by atoms with Gasteiger partial charge in [0.2, 0.25) is 0 Å². The lowest BCUT2D eigenvalue weighted by atomic mass is 10.1. The van der Waals surface area contributed by atoms with E-state index in [0.717, 1.165) is 0 Å². The Morgan fingerprint density at radius 3 is 2.61 bits per heavy atom. The fourth-order valence-corrected chi connectivity index (χ4v) is 2.09. The number of hydrogen-bond acceptors (Lipinski definition) is 4. The normalized spacial score (nSPS) is 10.4. The highest BCUT2D eigenvalue weighted by Gasteiger charge is 2.19. The highest BCUT2D eigenvalue weighted by molar-refractivity contribution is 6.36. The van der Waals surface area contributed by atoms with Crippen LogP contribution in [0.25, 0.3) is 10.9 Å². The first-order valence-corrected chi connectivity index (χ1v) is 5.75. The van der Waals surface area contributed by atoms with Crippen LogP contribution in [0.5, 0.6) is 5.75 Å². The van der Waals surface area contributed by atoms with Crippen LogP contribution in [0.15, 0.2) is 18.2 Å². The second-order valence-corrected chi connectivity index (χ2v) is 4.26. The summed E-state index contributed by atoms with van der Waals surface area (Å²) in [6.07, 6.45) is 0. The molecule has 2 rings (SSSR count). The molecule has 0 saturated heterocycles. The molecule has 0 atom stereocenters. The van der Waals surface area contributed by atoms with E-state index in [-0.39, 0.29) is 5.56 Å². The van der Waals surface area contributed by atoms with Crippen molar-refractivity contribution in [3.8, 4) is 5.75 Å². The predicted molar refractivity (Wildman–Crippen MR) is 69.7 cm³/mol. The molecule has 1 heterocycles. The number of pyridine rings is 1. The zero-order chi connectivity index (χ0) is 13.3. The monoisotopic (exact) mass is 285 g/mol. The number of rotatable bonds is 2. The number of nitrogens with zero attached hydrogens (tertiary/aromatic N) is 1. The SMILES string of the molecule is COC(=O)c1cc(Cl)c2nc(Cl)ccc2c1OC. The van der Waals surface area contributed by atoms with Gasteiger partial charge >= 0.3 is 5.97 Å². The molecule has 1 aromatic carbocycles. The third-order valence-corrected chi connectivity index (χ3v) is 2.96. The molecular weight excluding hydrogens is 277 g/mol. The van der Waals surface area contributed by atoms with Gasteiger partial charge in [-0.1, -0.05) is 23.2 Å². The Labute approximate surface area is 113 Å². The Morgan fingerprint density at radius 2 is 2.00 bits per heavy atom. The number of ether oxygens (including phenoxy) is 2. The first-order chi connectivity index (χ1) is 8.58. The summed E-state index contributed by atoms with van der Waals surface area (Å²) in [6, 6.07) is 4.75. The van der Waals surface area contributed by atoms with Gasteiger partial charge in [-0.15, -0.1) is 0 Å². The number of fused-ring (bicyclic) bond motifs is 1. The minimum Gasteiger partial charge on any atom is -0.495 e. The molecule has 2 aromatic rings. The van der Waals surface area contributed by atoms with Gasteiger partial charge in [0, 0.05) is 5.39 Å². The van der Waals surface area contributed by atoms with Gasteiger partial charge in [0.25, 0.3) is 0 Å². The van der Waals surface area contributed by atoms with E-state index in [1.54, 1.807) is 12.1 Å². The van der Waals surface area contributed by atoms with Crippen LogP contribution < -0.4 is 4.74 Å². The van der Waals surface area contributed by atoms with E-state index >= 15 is 0 Å². The van der Waals surface area contributed by atoms with E-state index in [9.17, 15) is 4.79 Å². The number of halogens is 2. The van der Waals surface area contributed by atoms with Crippen molar-refractivity contribution >= 4 is 40.1 Å². The minimum atomic E-state index is -0.523. The van der Waals surface area contributed by atoms with E-state index < -0.39 is 5.97 Å². The summed E-state index contributed by atoms with van der Waals surface area (Å²) in [7, 11) is 2.75. The summed E-state index contributed by atoms with van der Waals surface area (Å²) < 4.78 is 9.92. The molecule has 0 saturated carbocycles. The number of methoxy groups -OCH3 is 2. The molecule has 0 N–H and O–H groups in total. The smallest absolute Gasteiger partial charge is 0.341 e. The van der Waals surface area contributed by atoms with Gasteiger partial charge in [-0.25, -0.2) is 9.78 Å². The molecule has 94 valence electrons. The van der Waals surface area contributed by atoms with Crippen LogP contribution in [0.3, 0.4) is 0 Å². The molecule has 4 nitrogen and oxygen atoms in total. The summed E-state index contributed by atoms with van der Waals surface area (Å²) >= 11 is 11.9. The van der Waals surface area contributed by atoms with Crippen LogP contribution in [-0.4, -0.2) is 25.2 Å². The van der Waals surface area contributed by atoms with E-state index in [4.69, 9.17) is 27.9 Å². The molecule has 0 fully saturated rings. The van der Waals surface area contributed by atoms with Gasteiger partial charge in [-0.05, 0) is 18.2 Å². The molecule has 0 aliphatic heterocycles. The van der Waals surface area contributed by atoms with Crippen molar-refractivity contribution in [2.45, 2.75) is 0 Å². The Bertz CT molecular complexity index is 628. The largest absolute Gasteiger partial charge is 0.495 e. The van der Waals surface area contributed by atoms with Crippen LogP contribution in [0.2, 0.25) is 10.2 Å². The average Bonchev–Trinajstić information content (AvgIpc) is 2.38. The lowest BCUT2D eigenvalue weighted by molar-refractivity contribution is 0.0597. The Kier molecular flexibility index (Phi) is 3.59. The van der Waals surface area contributed by atoms with Gasteiger partial charge in [0.15, 0.2) is 0 Å². The van der Waals surface area contributed by atoms with Crippen LogP contribution >= 0.6 is 23.2 Å². The van der Waals surface area contributed by atoms with Crippen molar-refractivity contribution < 1.29 is 14.3 Å². The van der Waals surface area contributed by atoms with Gasteiger partial charge < -0.3 is 9.47 Å². The van der Waals surface area contributed by atoms with Gasteiger partial charge in [-0.3, -0.25) is 0 Å². The summed E-state index contributed by atoms with van der Waals surface area (Å²) in [5.74, 6) is -0.156. The molecular formula is C12H9Cl2NO3. The second-order valence-electron chi connectivity index (χ2n) is 3.46. The molecule has 0 unspecified atom stereocenters. The number of carbonyl (C=O) groups excluding carboxylic acids is 1. The Hall–Kier alpha value is -1.52. The molecule has 0 bridgehead atoms. The number of aromatic nitrogens is 1. The lowest BCUT2D eigenvalue weighted by Crippen LogP contribution is -2.05. The van der Waals surface area contributed by atoms with E-state index in [1.807, 2.05) is 0 Å². The van der Waals surface area contributed by atoms with Crippen molar-refractivity contribution in [3.63, 3.8) is 0 Å². The van der Waals surface area contributed by atoms with Crippen LogP contribution in [0.4, 0.5) is 0 Å². The molecule has 0 spiro atoms. The standard InChI is InChI=1S/C12H9Cl2NO3/c1-17-11-6-3-4-9(14)15-10(6)8(13)5-7(11)12(16)18-2/h3-5H,1-2H3.